The van der Waals surface area contributed by atoms with Gasteiger partial charge in [-0.05, 0) is 73.3 Å². The maximum Gasteiger partial charge on any atom is 0.135 e. The van der Waals surface area contributed by atoms with Crippen LogP contribution in [0, 0.1) is 0 Å². The van der Waals surface area contributed by atoms with Crippen molar-refractivity contribution in [3.63, 3.8) is 0 Å². The molecular weight excluding hydrogens is 548 g/mol. The minimum atomic E-state index is -0.366. The predicted molar refractivity (Wildman–Crippen MR) is 189 cm³/mol. The molecule has 0 aliphatic carbocycles. The first-order chi connectivity index (χ1) is 22.2. The van der Waals surface area contributed by atoms with Gasteiger partial charge in [0.2, 0.25) is 0 Å². The Hall–Kier alpha value is -5.48. The Morgan fingerprint density at radius 3 is 2.13 bits per heavy atom. The summed E-state index contributed by atoms with van der Waals surface area (Å²) >= 11 is 0. The number of furan rings is 1. The molecule has 3 heteroatoms. The van der Waals surface area contributed by atoms with Crippen LogP contribution in [0.1, 0.15) is 28.9 Å². The first-order valence-corrected chi connectivity index (χ1v) is 15.4. The number of benzene rings is 7. The van der Waals surface area contributed by atoms with Crippen LogP contribution in [-0.4, -0.2) is 0 Å². The summed E-state index contributed by atoms with van der Waals surface area (Å²) in [4.78, 5) is 0. The molecule has 0 aliphatic heterocycles. The molecule has 2 unspecified atom stereocenters. The van der Waals surface area contributed by atoms with E-state index in [9.17, 15) is 0 Å². The second kappa shape index (κ2) is 11.5. The van der Waals surface area contributed by atoms with Gasteiger partial charge in [0.25, 0.3) is 0 Å². The molecule has 216 valence electrons. The van der Waals surface area contributed by atoms with Crippen molar-refractivity contribution in [2.75, 3.05) is 0 Å². The lowest BCUT2D eigenvalue weighted by Gasteiger charge is -2.23. The minimum absolute atomic E-state index is 0.190. The lowest BCUT2D eigenvalue weighted by Crippen LogP contribution is -2.31. The number of fused-ring (bicyclic) bond motifs is 5. The zero-order valence-corrected chi connectivity index (χ0v) is 24.7. The van der Waals surface area contributed by atoms with Gasteiger partial charge in [0.05, 0.1) is 12.2 Å². The molecule has 1 aromatic heterocycles. The number of nitrogens with two attached hydrogens (primary N) is 1. The van der Waals surface area contributed by atoms with Gasteiger partial charge in [-0.2, -0.15) is 0 Å². The van der Waals surface area contributed by atoms with Crippen LogP contribution in [0.15, 0.2) is 162 Å². The van der Waals surface area contributed by atoms with Gasteiger partial charge in [-0.25, -0.2) is 0 Å². The molecule has 0 bridgehead atoms. The van der Waals surface area contributed by atoms with Crippen LogP contribution in [0.5, 0.6) is 0 Å². The summed E-state index contributed by atoms with van der Waals surface area (Å²) in [6.45, 7) is 0. The molecule has 3 N–H and O–H groups in total. The van der Waals surface area contributed by atoms with Gasteiger partial charge in [-0.1, -0.05) is 140 Å². The van der Waals surface area contributed by atoms with Gasteiger partial charge in [0.15, 0.2) is 0 Å². The van der Waals surface area contributed by atoms with Gasteiger partial charge in [-0.3, -0.25) is 5.32 Å². The van der Waals surface area contributed by atoms with Gasteiger partial charge in [-0.15, -0.1) is 0 Å². The van der Waals surface area contributed by atoms with E-state index in [-0.39, 0.29) is 12.2 Å². The lowest BCUT2D eigenvalue weighted by molar-refractivity contribution is 0.508. The maximum atomic E-state index is 6.78. The quantitative estimate of drug-likeness (QED) is 0.112. The smallest absolute Gasteiger partial charge is 0.135 e. The Bertz CT molecular complexity index is 2300. The molecule has 8 rings (SSSR count). The summed E-state index contributed by atoms with van der Waals surface area (Å²) in [6.07, 6.45) is 4.08. The highest BCUT2D eigenvalue weighted by Crippen LogP contribution is 2.35. The molecule has 0 spiro atoms. The molecular formula is C42H32N2O. The third kappa shape index (κ3) is 5.19. The Morgan fingerprint density at radius 2 is 1.29 bits per heavy atom. The maximum absolute atomic E-state index is 6.78. The highest BCUT2D eigenvalue weighted by Gasteiger charge is 2.19. The topological polar surface area (TPSA) is 51.2 Å². The van der Waals surface area contributed by atoms with Gasteiger partial charge < -0.3 is 10.2 Å². The van der Waals surface area contributed by atoms with E-state index in [1.54, 1.807) is 0 Å². The van der Waals surface area contributed by atoms with Crippen LogP contribution in [0.2, 0.25) is 0 Å². The minimum Gasteiger partial charge on any atom is -0.456 e. The molecule has 0 fully saturated rings. The molecule has 7 aromatic carbocycles. The second-order valence-electron chi connectivity index (χ2n) is 11.6. The normalized spacial score (nSPS) is 13.3. The molecule has 0 amide bonds. The first-order valence-electron chi connectivity index (χ1n) is 15.4. The molecule has 1 heterocycles. The van der Waals surface area contributed by atoms with Crippen molar-refractivity contribution in [1.82, 2.24) is 5.32 Å². The average molecular weight is 581 g/mol. The SMILES string of the molecule is NC(NC(/C=C/c1cccc2c1ccc1cc3ccccc3cc12)c1ccccc1-c1cc2ccccc2o1)c1ccccc1. The molecule has 2 atom stereocenters. The molecule has 0 saturated carbocycles. The number of hydrogen-bond donors (Lipinski definition) is 2. The fourth-order valence-electron chi connectivity index (χ4n) is 6.46. The number of hydrogen-bond acceptors (Lipinski definition) is 3. The third-order valence-corrected chi connectivity index (χ3v) is 8.75. The zero-order valence-electron chi connectivity index (χ0n) is 24.7. The van der Waals surface area contributed by atoms with Crippen molar-refractivity contribution in [3.8, 4) is 11.3 Å². The average Bonchev–Trinajstić information content (AvgIpc) is 3.54. The van der Waals surface area contributed by atoms with E-state index < -0.39 is 0 Å². The molecule has 0 aliphatic rings. The molecule has 0 radical (unpaired) electrons. The molecule has 8 aromatic rings. The van der Waals surface area contributed by atoms with E-state index in [1.807, 2.05) is 36.4 Å². The number of rotatable bonds is 7. The highest BCUT2D eigenvalue weighted by molar-refractivity contribution is 6.13. The van der Waals surface area contributed by atoms with Crippen LogP contribution < -0.4 is 11.1 Å². The Morgan fingerprint density at radius 1 is 0.556 bits per heavy atom. The van der Waals surface area contributed by atoms with Crippen molar-refractivity contribution in [1.29, 1.82) is 0 Å². The van der Waals surface area contributed by atoms with E-state index >= 15 is 0 Å². The first kappa shape index (κ1) is 27.1. The summed E-state index contributed by atoms with van der Waals surface area (Å²) in [5, 5.41) is 12.3. The summed E-state index contributed by atoms with van der Waals surface area (Å²) in [5.74, 6) is 0.837. The second-order valence-corrected chi connectivity index (χ2v) is 11.6. The van der Waals surface area contributed by atoms with E-state index in [0.29, 0.717) is 0 Å². The largest absolute Gasteiger partial charge is 0.456 e. The van der Waals surface area contributed by atoms with E-state index in [4.69, 9.17) is 10.2 Å². The van der Waals surface area contributed by atoms with Crippen LogP contribution in [0.4, 0.5) is 0 Å². The van der Waals surface area contributed by atoms with Crippen molar-refractivity contribution >= 4 is 49.4 Å². The monoisotopic (exact) mass is 580 g/mol. The van der Waals surface area contributed by atoms with E-state index in [2.05, 4.69) is 133 Å². The number of nitrogens with one attached hydrogen (secondary N) is 1. The van der Waals surface area contributed by atoms with Crippen molar-refractivity contribution < 1.29 is 4.42 Å². The predicted octanol–water partition coefficient (Wildman–Crippen LogP) is 10.6. The van der Waals surface area contributed by atoms with Crippen molar-refractivity contribution in [2.45, 2.75) is 12.2 Å². The summed E-state index contributed by atoms with van der Waals surface area (Å²) in [7, 11) is 0. The van der Waals surface area contributed by atoms with Crippen LogP contribution in [-0.2, 0) is 0 Å². The van der Waals surface area contributed by atoms with Crippen LogP contribution in [0.3, 0.4) is 0 Å². The lowest BCUT2D eigenvalue weighted by atomic mass is 9.94. The van der Waals surface area contributed by atoms with Crippen LogP contribution in [0.25, 0.3) is 60.7 Å². The summed E-state index contributed by atoms with van der Waals surface area (Å²) < 4.78 is 6.34. The Labute approximate surface area is 262 Å². The molecule has 3 nitrogen and oxygen atoms in total. The van der Waals surface area contributed by atoms with Gasteiger partial charge in [0.1, 0.15) is 11.3 Å². The zero-order chi connectivity index (χ0) is 30.2. The van der Waals surface area contributed by atoms with Crippen molar-refractivity contribution in [2.24, 2.45) is 5.73 Å². The summed E-state index contributed by atoms with van der Waals surface area (Å²) in [6, 6.07) is 52.8. The van der Waals surface area contributed by atoms with E-state index in [1.165, 1.54) is 32.3 Å². The third-order valence-electron chi connectivity index (χ3n) is 8.75. The Kier molecular flexibility index (Phi) is 6.95. The van der Waals surface area contributed by atoms with E-state index in [0.717, 1.165) is 39.0 Å². The fraction of sp³-hybridized carbons (Fsp3) is 0.0476. The fourth-order valence-corrected chi connectivity index (χ4v) is 6.46. The summed E-state index contributed by atoms with van der Waals surface area (Å²) in [5.41, 5.74) is 12.0. The van der Waals surface area contributed by atoms with Gasteiger partial charge >= 0.3 is 0 Å². The van der Waals surface area contributed by atoms with Crippen LogP contribution >= 0.6 is 0 Å². The standard InChI is InChI=1S/C42H32N2O/c43-42(29-11-2-1-3-12-29)44-39(36-17-7-8-18-37(36)41-27-33-15-6-9-20-40(33)45-41)24-22-28-16-10-19-35-34(28)23-21-32-25-30-13-4-5-14-31(30)26-38(32)35/h1-27,39,42,44H,43H2/b24-22+. The Balaban J connectivity index is 1.24. The van der Waals surface area contributed by atoms with Gasteiger partial charge in [0, 0.05) is 10.9 Å². The molecule has 45 heavy (non-hydrogen) atoms. The van der Waals surface area contributed by atoms with Crippen molar-refractivity contribution in [3.05, 3.63) is 174 Å². The molecule has 0 saturated heterocycles. The highest BCUT2D eigenvalue weighted by atomic mass is 16.3. The number of para-hydroxylation sites is 1.